The summed E-state index contributed by atoms with van der Waals surface area (Å²) in [7, 11) is 0. The number of rotatable bonds is 2. The number of carbonyl (C=O) groups excluding carboxylic acids is 2. The molecule has 0 bridgehead atoms. The molecule has 0 aliphatic carbocycles. The second-order valence-corrected chi connectivity index (χ2v) is 8.72. The Balaban J connectivity index is 1.95. The fraction of sp³-hybridized carbons (Fsp3) is 0.455. The third-order valence-electron chi connectivity index (χ3n) is 4.87. The summed E-state index contributed by atoms with van der Waals surface area (Å²) in [6.45, 7) is 9.68. The van der Waals surface area contributed by atoms with Crippen molar-refractivity contribution in [2.45, 2.75) is 59.0 Å². The smallest absolute Gasteiger partial charge is 0.417 e. The van der Waals surface area contributed by atoms with Crippen molar-refractivity contribution in [1.82, 2.24) is 14.9 Å². The van der Waals surface area contributed by atoms with Gasteiger partial charge in [0.2, 0.25) is 11.2 Å². The standard InChI is InChI=1S/C22H26ClN3O3/c1-13-8-6-9-14(2)18(13)17-12-16(24-20(23)25-17)15-10-7-11-26(19(15)27)21(28)29-22(3,4)5/h6,8-9,12,15H,7,10-11H2,1-5H3. The Bertz CT molecular complexity index is 933. The second kappa shape index (κ2) is 8.11. The molecule has 1 unspecified atom stereocenters. The number of amides is 2. The molecule has 1 aromatic carbocycles. The van der Waals surface area contributed by atoms with Crippen LogP contribution in [0.15, 0.2) is 24.3 Å². The summed E-state index contributed by atoms with van der Waals surface area (Å²) < 4.78 is 5.39. The van der Waals surface area contributed by atoms with Gasteiger partial charge in [0, 0.05) is 12.1 Å². The van der Waals surface area contributed by atoms with Crippen LogP contribution in [0.25, 0.3) is 11.3 Å². The van der Waals surface area contributed by atoms with E-state index in [0.717, 1.165) is 16.7 Å². The summed E-state index contributed by atoms with van der Waals surface area (Å²) in [5, 5.41) is 0.0855. The van der Waals surface area contributed by atoms with E-state index in [1.807, 2.05) is 38.1 Å². The first kappa shape index (κ1) is 21.2. The predicted octanol–water partition coefficient (Wildman–Crippen LogP) is 5.05. The number of imide groups is 1. The van der Waals surface area contributed by atoms with E-state index in [-0.39, 0.29) is 11.2 Å². The average Bonchev–Trinajstić information content (AvgIpc) is 2.59. The van der Waals surface area contributed by atoms with Crippen molar-refractivity contribution in [3.8, 4) is 11.3 Å². The number of benzene rings is 1. The van der Waals surface area contributed by atoms with E-state index >= 15 is 0 Å². The molecule has 1 aromatic heterocycles. The van der Waals surface area contributed by atoms with Gasteiger partial charge >= 0.3 is 6.09 Å². The number of halogens is 1. The lowest BCUT2D eigenvalue weighted by Gasteiger charge is -2.32. The maximum atomic E-state index is 13.1. The highest BCUT2D eigenvalue weighted by molar-refractivity contribution is 6.28. The topological polar surface area (TPSA) is 72.4 Å². The first-order valence-corrected chi connectivity index (χ1v) is 10.1. The maximum absolute atomic E-state index is 13.1. The molecule has 1 atom stereocenters. The molecule has 154 valence electrons. The van der Waals surface area contributed by atoms with E-state index in [2.05, 4.69) is 9.97 Å². The minimum absolute atomic E-state index is 0.0855. The number of piperidine rings is 1. The van der Waals surface area contributed by atoms with Crippen LogP contribution in [0.5, 0.6) is 0 Å². The van der Waals surface area contributed by atoms with Gasteiger partial charge in [0.15, 0.2) is 0 Å². The van der Waals surface area contributed by atoms with Crippen LogP contribution in [-0.4, -0.2) is 39.0 Å². The molecule has 2 amide bonds. The summed E-state index contributed by atoms with van der Waals surface area (Å²) in [6.07, 6.45) is 0.649. The van der Waals surface area contributed by atoms with Crippen LogP contribution >= 0.6 is 11.6 Å². The molecule has 2 heterocycles. The third kappa shape index (κ3) is 4.75. The largest absolute Gasteiger partial charge is 0.443 e. The monoisotopic (exact) mass is 415 g/mol. The Labute approximate surface area is 176 Å². The zero-order valence-corrected chi connectivity index (χ0v) is 18.2. The molecule has 1 aliphatic heterocycles. The average molecular weight is 416 g/mol. The van der Waals surface area contributed by atoms with Gasteiger partial charge < -0.3 is 4.74 Å². The quantitative estimate of drug-likeness (QED) is 0.641. The number of likely N-dealkylation sites (tertiary alicyclic amines) is 1. The van der Waals surface area contributed by atoms with Crippen LogP contribution in [-0.2, 0) is 9.53 Å². The van der Waals surface area contributed by atoms with Crippen molar-refractivity contribution >= 4 is 23.6 Å². The number of hydrogen-bond acceptors (Lipinski definition) is 5. The molecule has 7 heteroatoms. The van der Waals surface area contributed by atoms with Gasteiger partial charge in [-0.15, -0.1) is 0 Å². The maximum Gasteiger partial charge on any atom is 0.417 e. The number of hydrogen-bond donors (Lipinski definition) is 0. The van der Waals surface area contributed by atoms with E-state index in [9.17, 15) is 9.59 Å². The van der Waals surface area contributed by atoms with Crippen LogP contribution in [0.1, 0.15) is 56.4 Å². The van der Waals surface area contributed by atoms with Gasteiger partial charge in [0.05, 0.1) is 17.3 Å². The van der Waals surface area contributed by atoms with Gasteiger partial charge in [-0.05, 0) is 76.3 Å². The first-order chi connectivity index (χ1) is 13.6. The number of carbonyl (C=O) groups is 2. The normalized spacial score (nSPS) is 17.4. The van der Waals surface area contributed by atoms with E-state index in [1.54, 1.807) is 20.8 Å². The molecule has 6 nitrogen and oxygen atoms in total. The minimum Gasteiger partial charge on any atom is -0.443 e. The lowest BCUT2D eigenvalue weighted by molar-refractivity contribution is -0.134. The number of aromatic nitrogens is 2. The predicted molar refractivity (Wildman–Crippen MR) is 112 cm³/mol. The molecule has 29 heavy (non-hydrogen) atoms. The Hall–Kier alpha value is -2.47. The van der Waals surface area contributed by atoms with Gasteiger partial charge in [-0.3, -0.25) is 4.79 Å². The van der Waals surface area contributed by atoms with Crippen LogP contribution < -0.4 is 0 Å². The lowest BCUT2D eigenvalue weighted by Crippen LogP contribution is -2.46. The van der Waals surface area contributed by atoms with Crippen molar-refractivity contribution in [1.29, 1.82) is 0 Å². The highest BCUT2D eigenvalue weighted by Crippen LogP contribution is 2.32. The van der Waals surface area contributed by atoms with Crippen molar-refractivity contribution < 1.29 is 14.3 Å². The number of nitrogens with zero attached hydrogens (tertiary/aromatic N) is 3. The Morgan fingerprint density at radius 3 is 2.48 bits per heavy atom. The molecule has 1 fully saturated rings. The lowest BCUT2D eigenvalue weighted by atomic mass is 9.92. The molecule has 0 N–H and O–H groups in total. The highest BCUT2D eigenvalue weighted by atomic mass is 35.5. The Morgan fingerprint density at radius 1 is 1.21 bits per heavy atom. The second-order valence-electron chi connectivity index (χ2n) is 8.38. The first-order valence-electron chi connectivity index (χ1n) is 9.72. The summed E-state index contributed by atoms with van der Waals surface area (Å²) in [5.74, 6) is -0.868. The molecule has 3 rings (SSSR count). The van der Waals surface area contributed by atoms with Crippen LogP contribution in [0, 0.1) is 13.8 Å². The van der Waals surface area contributed by atoms with Gasteiger partial charge in [0.1, 0.15) is 5.60 Å². The summed E-state index contributed by atoms with van der Waals surface area (Å²) >= 11 is 6.22. The Morgan fingerprint density at radius 2 is 1.86 bits per heavy atom. The van der Waals surface area contributed by atoms with E-state index in [1.165, 1.54) is 4.90 Å². The molecular weight excluding hydrogens is 390 g/mol. The van der Waals surface area contributed by atoms with Crippen LogP contribution in [0.4, 0.5) is 4.79 Å². The number of ether oxygens (including phenoxy) is 1. The highest BCUT2D eigenvalue weighted by Gasteiger charge is 2.37. The van der Waals surface area contributed by atoms with E-state index < -0.39 is 17.6 Å². The zero-order valence-electron chi connectivity index (χ0n) is 17.5. The van der Waals surface area contributed by atoms with E-state index in [0.29, 0.717) is 30.8 Å². The van der Waals surface area contributed by atoms with Crippen molar-refractivity contribution in [3.63, 3.8) is 0 Å². The van der Waals surface area contributed by atoms with Gasteiger partial charge in [-0.2, -0.15) is 0 Å². The zero-order chi connectivity index (χ0) is 21.3. The SMILES string of the molecule is Cc1cccc(C)c1-c1cc(C2CCCN(C(=O)OC(C)(C)C)C2=O)nc(Cl)n1. The molecule has 0 saturated carbocycles. The van der Waals surface area contributed by atoms with Gasteiger partial charge in [-0.25, -0.2) is 19.7 Å². The fourth-order valence-electron chi connectivity index (χ4n) is 3.61. The molecule has 2 aromatic rings. The summed E-state index contributed by atoms with van der Waals surface area (Å²) in [5.41, 5.74) is 3.65. The van der Waals surface area contributed by atoms with Crippen molar-refractivity contribution in [2.75, 3.05) is 6.54 Å². The molecule has 0 radical (unpaired) electrons. The fourth-order valence-corrected chi connectivity index (χ4v) is 3.80. The molecule has 1 aliphatic rings. The van der Waals surface area contributed by atoms with Crippen molar-refractivity contribution in [2.24, 2.45) is 0 Å². The van der Waals surface area contributed by atoms with Crippen LogP contribution in [0.2, 0.25) is 5.28 Å². The Kier molecular flexibility index (Phi) is 5.94. The summed E-state index contributed by atoms with van der Waals surface area (Å²) in [4.78, 5) is 35.4. The minimum atomic E-state index is -0.669. The van der Waals surface area contributed by atoms with E-state index in [4.69, 9.17) is 16.3 Å². The third-order valence-corrected chi connectivity index (χ3v) is 5.03. The number of aryl methyl sites for hydroxylation is 2. The van der Waals surface area contributed by atoms with Crippen molar-refractivity contribution in [3.05, 3.63) is 46.4 Å². The van der Waals surface area contributed by atoms with Gasteiger partial charge in [-0.1, -0.05) is 18.2 Å². The molecular formula is C22H26ClN3O3. The molecule has 1 saturated heterocycles. The summed E-state index contributed by atoms with van der Waals surface area (Å²) in [6, 6.07) is 7.81. The molecule has 0 spiro atoms. The van der Waals surface area contributed by atoms with Gasteiger partial charge in [0.25, 0.3) is 0 Å². The van der Waals surface area contributed by atoms with Crippen LogP contribution in [0.3, 0.4) is 0 Å².